The average molecular weight is 344 g/mol. The standard InChI is InChI=1S/C19H28N4O2/c1-14-20-16-6-3-5-15(16)17(21-14)23-10-8-19(13-23)7-4-9-22(18(19)24)11-12-25-2/h3-13H2,1-2H3/t19-/m0/s1. The zero-order valence-electron chi connectivity index (χ0n) is 15.4. The lowest BCUT2D eigenvalue weighted by atomic mass is 9.78. The van der Waals surface area contributed by atoms with Crippen molar-refractivity contribution in [3.63, 3.8) is 0 Å². The average Bonchev–Trinajstić information content (AvgIpc) is 3.23. The highest BCUT2D eigenvalue weighted by molar-refractivity contribution is 5.85. The molecule has 0 N–H and O–H groups in total. The molecule has 1 aromatic rings. The van der Waals surface area contributed by atoms with E-state index in [1.807, 2.05) is 11.8 Å². The Balaban J connectivity index is 1.56. The summed E-state index contributed by atoms with van der Waals surface area (Å²) in [6, 6.07) is 0. The molecule has 0 unspecified atom stereocenters. The van der Waals surface area contributed by atoms with Crippen LogP contribution in [-0.2, 0) is 22.4 Å². The van der Waals surface area contributed by atoms with Crippen LogP contribution < -0.4 is 4.90 Å². The van der Waals surface area contributed by atoms with Gasteiger partial charge in [0, 0.05) is 44.5 Å². The zero-order chi connectivity index (χ0) is 17.4. The lowest BCUT2D eigenvalue weighted by Gasteiger charge is -2.39. The maximum Gasteiger partial charge on any atom is 0.230 e. The highest BCUT2D eigenvalue weighted by atomic mass is 16.5. The first-order valence-corrected chi connectivity index (χ1v) is 9.53. The number of hydrogen-bond acceptors (Lipinski definition) is 5. The van der Waals surface area contributed by atoms with Crippen molar-refractivity contribution < 1.29 is 9.53 Å². The monoisotopic (exact) mass is 344 g/mol. The van der Waals surface area contributed by atoms with Crippen LogP contribution >= 0.6 is 0 Å². The molecule has 2 fully saturated rings. The molecule has 1 aromatic heterocycles. The highest BCUT2D eigenvalue weighted by Crippen LogP contribution is 2.42. The van der Waals surface area contributed by atoms with Crippen LogP contribution in [0.4, 0.5) is 5.82 Å². The largest absolute Gasteiger partial charge is 0.383 e. The molecule has 4 rings (SSSR count). The van der Waals surface area contributed by atoms with Gasteiger partial charge in [-0.25, -0.2) is 9.97 Å². The third kappa shape index (κ3) is 2.90. The van der Waals surface area contributed by atoms with Gasteiger partial charge in [-0.2, -0.15) is 0 Å². The van der Waals surface area contributed by atoms with Crippen LogP contribution in [0, 0.1) is 12.3 Å². The lowest BCUT2D eigenvalue weighted by Crippen LogP contribution is -2.51. The number of anilines is 1. The van der Waals surface area contributed by atoms with Crippen LogP contribution in [0.2, 0.25) is 0 Å². The minimum atomic E-state index is -0.226. The van der Waals surface area contributed by atoms with E-state index in [-0.39, 0.29) is 5.41 Å². The molecule has 136 valence electrons. The van der Waals surface area contributed by atoms with Gasteiger partial charge in [0.2, 0.25) is 5.91 Å². The number of carbonyl (C=O) groups is 1. The van der Waals surface area contributed by atoms with E-state index in [9.17, 15) is 4.79 Å². The first-order chi connectivity index (χ1) is 12.1. The summed E-state index contributed by atoms with van der Waals surface area (Å²) in [7, 11) is 1.69. The number of likely N-dealkylation sites (tertiary alicyclic amines) is 1. The number of piperidine rings is 1. The molecule has 6 nitrogen and oxygen atoms in total. The predicted octanol–water partition coefficient (Wildman–Crippen LogP) is 1.74. The Bertz CT molecular complexity index is 678. The van der Waals surface area contributed by atoms with E-state index >= 15 is 0 Å². The van der Waals surface area contributed by atoms with Crippen LogP contribution in [0.15, 0.2) is 0 Å². The Morgan fingerprint density at radius 2 is 2.04 bits per heavy atom. The second kappa shape index (κ2) is 6.56. The number of amides is 1. The van der Waals surface area contributed by atoms with Crippen LogP contribution in [-0.4, -0.2) is 60.7 Å². The van der Waals surface area contributed by atoms with Crippen LogP contribution in [0.5, 0.6) is 0 Å². The van der Waals surface area contributed by atoms with Crippen molar-refractivity contribution in [2.24, 2.45) is 5.41 Å². The third-order valence-electron chi connectivity index (χ3n) is 6.07. The van der Waals surface area contributed by atoms with Gasteiger partial charge in [0.15, 0.2) is 0 Å². The Labute approximate surface area is 149 Å². The molecule has 2 aliphatic heterocycles. The van der Waals surface area contributed by atoms with Crippen LogP contribution in [0.1, 0.15) is 42.8 Å². The minimum Gasteiger partial charge on any atom is -0.383 e. The number of hydrogen-bond donors (Lipinski definition) is 0. The van der Waals surface area contributed by atoms with Gasteiger partial charge in [-0.1, -0.05) is 0 Å². The van der Waals surface area contributed by atoms with Gasteiger partial charge in [-0.05, 0) is 45.4 Å². The van der Waals surface area contributed by atoms with Gasteiger partial charge >= 0.3 is 0 Å². The normalized spacial score (nSPS) is 25.9. The molecule has 0 radical (unpaired) electrons. The molecule has 3 heterocycles. The van der Waals surface area contributed by atoms with Gasteiger partial charge < -0.3 is 14.5 Å². The maximum absolute atomic E-state index is 13.1. The van der Waals surface area contributed by atoms with Crippen LogP contribution in [0.3, 0.4) is 0 Å². The van der Waals surface area contributed by atoms with Crippen molar-refractivity contribution >= 4 is 11.7 Å². The molecule has 1 amide bonds. The molecule has 0 bridgehead atoms. The number of nitrogens with zero attached hydrogens (tertiary/aromatic N) is 4. The lowest BCUT2D eigenvalue weighted by molar-refractivity contribution is -0.145. The Kier molecular flexibility index (Phi) is 4.40. The van der Waals surface area contributed by atoms with Gasteiger partial charge in [-0.15, -0.1) is 0 Å². The van der Waals surface area contributed by atoms with Gasteiger partial charge in [0.25, 0.3) is 0 Å². The Morgan fingerprint density at radius 1 is 1.16 bits per heavy atom. The highest BCUT2D eigenvalue weighted by Gasteiger charge is 2.49. The zero-order valence-corrected chi connectivity index (χ0v) is 15.4. The summed E-state index contributed by atoms with van der Waals surface area (Å²) in [5.74, 6) is 2.27. The van der Waals surface area contributed by atoms with E-state index in [1.54, 1.807) is 7.11 Å². The van der Waals surface area contributed by atoms with Crippen LogP contribution in [0.25, 0.3) is 0 Å². The van der Waals surface area contributed by atoms with E-state index in [4.69, 9.17) is 9.72 Å². The summed E-state index contributed by atoms with van der Waals surface area (Å²) in [5.41, 5.74) is 2.32. The molecule has 1 aliphatic carbocycles. The summed E-state index contributed by atoms with van der Waals surface area (Å²) >= 11 is 0. The topological polar surface area (TPSA) is 58.6 Å². The third-order valence-corrected chi connectivity index (χ3v) is 6.07. The van der Waals surface area contributed by atoms with Crippen molar-refractivity contribution in [2.45, 2.75) is 45.4 Å². The number of ether oxygens (including phenoxy) is 1. The molecule has 0 saturated carbocycles. The van der Waals surface area contributed by atoms with Gasteiger partial charge in [0.05, 0.1) is 12.0 Å². The fraction of sp³-hybridized carbons (Fsp3) is 0.737. The second-order valence-electron chi connectivity index (χ2n) is 7.71. The van der Waals surface area contributed by atoms with Crippen molar-refractivity contribution in [3.05, 3.63) is 17.1 Å². The van der Waals surface area contributed by atoms with E-state index in [1.165, 1.54) is 17.7 Å². The smallest absolute Gasteiger partial charge is 0.230 e. The van der Waals surface area contributed by atoms with Gasteiger partial charge in [-0.3, -0.25) is 4.79 Å². The quantitative estimate of drug-likeness (QED) is 0.833. The first kappa shape index (κ1) is 16.8. The molecule has 3 aliphatic rings. The van der Waals surface area contributed by atoms with Crippen molar-refractivity contribution in [2.75, 3.05) is 44.8 Å². The van der Waals surface area contributed by atoms with Crippen molar-refractivity contribution in [3.8, 4) is 0 Å². The number of carbonyl (C=O) groups excluding carboxylic acids is 1. The number of methoxy groups -OCH3 is 1. The predicted molar refractivity (Wildman–Crippen MR) is 95.7 cm³/mol. The second-order valence-corrected chi connectivity index (χ2v) is 7.71. The molecular weight excluding hydrogens is 316 g/mol. The van der Waals surface area contributed by atoms with E-state index in [0.717, 1.165) is 63.4 Å². The molecular formula is C19H28N4O2. The molecule has 25 heavy (non-hydrogen) atoms. The molecule has 1 spiro atoms. The summed E-state index contributed by atoms with van der Waals surface area (Å²) in [5, 5.41) is 0. The Hall–Kier alpha value is -1.69. The van der Waals surface area contributed by atoms with E-state index in [2.05, 4.69) is 9.88 Å². The molecule has 6 heteroatoms. The fourth-order valence-corrected chi connectivity index (χ4v) is 4.79. The van der Waals surface area contributed by atoms with E-state index < -0.39 is 0 Å². The molecule has 0 aromatic carbocycles. The SMILES string of the molecule is COCCN1CCC[C@@]2(CCN(c3nc(C)nc4c3CCC4)C2)C1=O. The maximum atomic E-state index is 13.1. The summed E-state index contributed by atoms with van der Waals surface area (Å²) in [4.78, 5) is 26.9. The number of fused-ring (bicyclic) bond motifs is 1. The molecule has 1 atom stereocenters. The first-order valence-electron chi connectivity index (χ1n) is 9.53. The van der Waals surface area contributed by atoms with Crippen molar-refractivity contribution in [1.29, 1.82) is 0 Å². The number of rotatable bonds is 4. The summed E-state index contributed by atoms with van der Waals surface area (Å²) < 4.78 is 5.18. The number of aryl methyl sites for hydroxylation is 2. The Morgan fingerprint density at radius 3 is 2.88 bits per heavy atom. The number of aromatic nitrogens is 2. The van der Waals surface area contributed by atoms with Gasteiger partial charge in [0.1, 0.15) is 11.6 Å². The minimum absolute atomic E-state index is 0.226. The van der Waals surface area contributed by atoms with Crippen molar-refractivity contribution in [1.82, 2.24) is 14.9 Å². The molecule has 2 saturated heterocycles. The fourth-order valence-electron chi connectivity index (χ4n) is 4.79. The van der Waals surface area contributed by atoms with E-state index in [0.29, 0.717) is 19.1 Å². The summed E-state index contributed by atoms with van der Waals surface area (Å²) in [6.45, 7) is 5.90. The summed E-state index contributed by atoms with van der Waals surface area (Å²) in [6.07, 6.45) is 6.33.